The first-order valence-corrected chi connectivity index (χ1v) is 4.65. The summed E-state index contributed by atoms with van der Waals surface area (Å²) in [5.74, 6) is -0.0533. The first-order valence-electron chi connectivity index (χ1n) is 4.65. The Bertz CT molecular complexity index is 631. The highest BCUT2D eigenvalue weighted by atomic mass is 16.1. The minimum absolute atomic E-state index is 0.0533. The van der Waals surface area contributed by atoms with Crippen molar-refractivity contribution in [1.29, 1.82) is 0 Å². The SMILES string of the molecule is CC(C)n1cnc2c(=O)[nH]c(N=[N+]=[N-])nc21. The van der Waals surface area contributed by atoms with Crippen LogP contribution in [0.3, 0.4) is 0 Å². The average Bonchev–Trinajstić information content (AvgIpc) is 2.62. The lowest BCUT2D eigenvalue weighted by molar-refractivity contribution is 0.612. The minimum atomic E-state index is -0.410. The van der Waals surface area contributed by atoms with Crippen molar-refractivity contribution in [2.75, 3.05) is 0 Å². The fourth-order valence-corrected chi connectivity index (χ4v) is 1.38. The molecule has 0 aliphatic heterocycles. The van der Waals surface area contributed by atoms with Crippen LogP contribution in [0, 0.1) is 0 Å². The fourth-order valence-electron chi connectivity index (χ4n) is 1.38. The number of azide groups is 1. The zero-order chi connectivity index (χ0) is 11.7. The van der Waals surface area contributed by atoms with Crippen LogP contribution in [0.1, 0.15) is 19.9 Å². The average molecular weight is 219 g/mol. The predicted octanol–water partition coefficient (Wildman–Crippen LogP) is 1.64. The number of hydrogen-bond donors (Lipinski definition) is 1. The number of imidazole rings is 1. The van der Waals surface area contributed by atoms with Gasteiger partial charge in [-0.3, -0.25) is 4.79 Å². The van der Waals surface area contributed by atoms with E-state index in [-0.39, 0.29) is 17.5 Å². The Morgan fingerprint density at radius 1 is 1.62 bits per heavy atom. The number of fused-ring (bicyclic) bond motifs is 1. The summed E-state index contributed by atoms with van der Waals surface area (Å²) < 4.78 is 1.74. The first-order chi connectivity index (χ1) is 7.63. The van der Waals surface area contributed by atoms with Gasteiger partial charge in [0, 0.05) is 11.0 Å². The number of rotatable bonds is 2. The number of aromatic amines is 1. The van der Waals surface area contributed by atoms with E-state index in [4.69, 9.17) is 5.53 Å². The van der Waals surface area contributed by atoms with Crippen molar-refractivity contribution in [3.63, 3.8) is 0 Å². The second kappa shape index (κ2) is 3.67. The van der Waals surface area contributed by atoms with E-state index in [1.807, 2.05) is 13.8 Å². The van der Waals surface area contributed by atoms with Gasteiger partial charge in [-0.1, -0.05) is 0 Å². The van der Waals surface area contributed by atoms with Gasteiger partial charge >= 0.3 is 0 Å². The Morgan fingerprint density at radius 2 is 2.38 bits per heavy atom. The number of H-pyrrole nitrogens is 1. The number of nitrogens with one attached hydrogen (secondary N) is 1. The first kappa shape index (κ1) is 10.2. The van der Waals surface area contributed by atoms with E-state index in [0.717, 1.165) is 0 Å². The molecule has 0 spiro atoms. The van der Waals surface area contributed by atoms with Gasteiger partial charge < -0.3 is 9.55 Å². The molecule has 8 heteroatoms. The molecule has 82 valence electrons. The van der Waals surface area contributed by atoms with Crippen molar-refractivity contribution >= 4 is 17.1 Å². The van der Waals surface area contributed by atoms with Crippen molar-refractivity contribution in [2.24, 2.45) is 5.11 Å². The lowest BCUT2D eigenvalue weighted by atomic mass is 10.4. The molecule has 2 aromatic heterocycles. The van der Waals surface area contributed by atoms with Crippen LogP contribution in [-0.2, 0) is 0 Å². The molecule has 0 atom stereocenters. The van der Waals surface area contributed by atoms with Gasteiger partial charge in [-0.15, -0.1) is 0 Å². The summed E-state index contributed by atoms with van der Waals surface area (Å²) in [6.45, 7) is 3.88. The van der Waals surface area contributed by atoms with Crippen molar-refractivity contribution < 1.29 is 0 Å². The van der Waals surface area contributed by atoms with Crippen LogP contribution in [0.2, 0.25) is 0 Å². The molecule has 0 aromatic carbocycles. The molecule has 16 heavy (non-hydrogen) atoms. The van der Waals surface area contributed by atoms with Crippen molar-refractivity contribution in [3.8, 4) is 0 Å². The zero-order valence-electron chi connectivity index (χ0n) is 8.75. The molecule has 8 nitrogen and oxygen atoms in total. The Kier molecular flexibility index (Phi) is 2.34. The molecule has 0 bridgehead atoms. The molecule has 0 aliphatic carbocycles. The third-order valence-corrected chi connectivity index (χ3v) is 2.12. The minimum Gasteiger partial charge on any atom is -0.313 e. The summed E-state index contributed by atoms with van der Waals surface area (Å²) in [5.41, 5.74) is 8.53. The van der Waals surface area contributed by atoms with Crippen LogP contribution in [0.15, 0.2) is 16.2 Å². The van der Waals surface area contributed by atoms with Crippen molar-refractivity contribution in [2.45, 2.75) is 19.9 Å². The molecule has 1 N–H and O–H groups in total. The normalized spacial score (nSPS) is 10.7. The molecule has 0 saturated carbocycles. The molecule has 2 rings (SSSR count). The Labute approximate surface area is 89.6 Å². The van der Waals surface area contributed by atoms with Crippen LogP contribution < -0.4 is 5.56 Å². The van der Waals surface area contributed by atoms with Crippen LogP contribution in [0.25, 0.3) is 21.6 Å². The third-order valence-electron chi connectivity index (χ3n) is 2.12. The van der Waals surface area contributed by atoms with E-state index in [2.05, 4.69) is 25.0 Å². The lowest BCUT2D eigenvalue weighted by Crippen LogP contribution is -2.09. The summed E-state index contributed by atoms with van der Waals surface area (Å²) in [6.07, 6.45) is 1.54. The molecule has 0 unspecified atom stereocenters. The Balaban J connectivity index is 2.81. The van der Waals surface area contributed by atoms with Crippen LogP contribution in [0.4, 0.5) is 5.95 Å². The summed E-state index contributed by atoms with van der Waals surface area (Å²) in [7, 11) is 0. The van der Waals surface area contributed by atoms with Crippen LogP contribution in [0.5, 0.6) is 0 Å². The molecular formula is C8H9N7O. The quantitative estimate of drug-likeness (QED) is 0.470. The third kappa shape index (κ3) is 1.51. The van der Waals surface area contributed by atoms with E-state index >= 15 is 0 Å². The highest BCUT2D eigenvalue weighted by molar-refractivity contribution is 5.70. The summed E-state index contributed by atoms with van der Waals surface area (Å²) in [5, 5.41) is 3.27. The largest absolute Gasteiger partial charge is 0.313 e. The van der Waals surface area contributed by atoms with E-state index in [0.29, 0.717) is 5.65 Å². The number of hydrogen-bond acceptors (Lipinski definition) is 4. The van der Waals surface area contributed by atoms with Gasteiger partial charge in [-0.05, 0) is 24.5 Å². The van der Waals surface area contributed by atoms with Gasteiger partial charge in [0.05, 0.1) is 6.33 Å². The van der Waals surface area contributed by atoms with Crippen LogP contribution in [-0.4, -0.2) is 19.5 Å². The number of nitrogens with zero attached hydrogens (tertiary/aromatic N) is 6. The van der Waals surface area contributed by atoms with Gasteiger partial charge in [0.15, 0.2) is 17.1 Å². The van der Waals surface area contributed by atoms with E-state index in [9.17, 15) is 4.79 Å². The van der Waals surface area contributed by atoms with Gasteiger partial charge in [-0.2, -0.15) is 0 Å². The molecule has 2 heterocycles. The highest BCUT2D eigenvalue weighted by Crippen LogP contribution is 2.14. The Morgan fingerprint density at radius 3 is 3.00 bits per heavy atom. The smallest absolute Gasteiger partial charge is 0.279 e. The zero-order valence-corrected chi connectivity index (χ0v) is 8.75. The van der Waals surface area contributed by atoms with Gasteiger partial charge in [-0.25, -0.2) is 9.97 Å². The maximum atomic E-state index is 11.6. The van der Waals surface area contributed by atoms with Gasteiger partial charge in [0.2, 0.25) is 0 Å². The highest BCUT2D eigenvalue weighted by Gasteiger charge is 2.11. The van der Waals surface area contributed by atoms with Gasteiger partial charge in [0.25, 0.3) is 5.56 Å². The van der Waals surface area contributed by atoms with E-state index in [1.54, 1.807) is 4.57 Å². The lowest BCUT2D eigenvalue weighted by Gasteiger charge is -2.06. The topological polar surface area (TPSA) is 112 Å². The van der Waals surface area contributed by atoms with Crippen molar-refractivity contribution in [3.05, 3.63) is 27.1 Å². The number of aromatic nitrogens is 4. The second-order valence-corrected chi connectivity index (χ2v) is 3.50. The van der Waals surface area contributed by atoms with Gasteiger partial charge in [0.1, 0.15) is 0 Å². The summed E-state index contributed by atoms with van der Waals surface area (Å²) >= 11 is 0. The van der Waals surface area contributed by atoms with E-state index in [1.165, 1.54) is 6.33 Å². The second-order valence-electron chi connectivity index (χ2n) is 3.50. The fraction of sp³-hybridized carbons (Fsp3) is 0.375. The van der Waals surface area contributed by atoms with Crippen LogP contribution >= 0.6 is 0 Å². The molecule has 0 amide bonds. The Hall–Kier alpha value is -2.34. The molecule has 0 radical (unpaired) electrons. The predicted molar refractivity (Wildman–Crippen MR) is 57.3 cm³/mol. The summed E-state index contributed by atoms with van der Waals surface area (Å²) in [6, 6.07) is 0.123. The monoisotopic (exact) mass is 219 g/mol. The molecule has 0 saturated heterocycles. The maximum Gasteiger partial charge on any atom is 0.279 e. The molecule has 0 fully saturated rings. The standard InChI is InChI=1S/C8H9N7O/c1-4(2)15-3-10-5-6(15)11-8(13-14-9)12-7(5)16/h3-4H,1-2H3,(H,11,12,16). The van der Waals surface area contributed by atoms with E-state index < -0.39 is 5.56 Å². The van der Waals surface area contributed by atoms with Crippen molar-refractivity contribution in [1.82, 2.24) is 19.5 Å². The molecule has 0 aliphatic rings. The summed E-state index contributed by atoms with van der Waals surface area (Å²) in [4.78, 5) is 24.5. The molecular weight excluding hydrogens is 210 g/mol. The molecule has 2 aromatic rings. The maximum absolute atomic E-state index is 11.6.